The molecule has 0 radical (unpaired) electrons. The molecule has 2 aromatic carbocycles. The molecule has 3 aliphatic rings. The highest BCUT2D eigenvalue weighted by atomic mass is 16.5. The molecule has 3 fully saturated rings. The maximum absolute atomic E-state index is 13.1. The maximum atomic E-state index is 13.1. The molecular weight excluding hydrogens is 364 g/mol. The van der Waals surface area contributed by atoms with Crippen molar-refractivity contribution >= 4 is 5.91 Å². The first-order chi connectivity index (χ1) is 14.2. The Morgan fingerprint density at radius 2 is 1.86 bits per heavy atom. The van der Waals surface area contributed by atoms with Gasteiger partial charge in [-0.3, -0.25) is 9.69 Å². The van der Waals surface area contributed by atoms with E-state index in [1.54, 1.807) is 7.11 Å². The number of morpholine rings is 1. The fraction of sp³-hybridized carbons (Fsp3) is 0.458. The van der Waals surface area contributed by atoms with Gasteiger partial charge in [0, 0.05) is 25.2 Å². The van der Waals surface area contributed by atoms with E-state index in [0.29, 0.717) is 6.04 Å². The Balaban J connectivity index is 1.21. The Bertz CT molecular complexity index is 863. The maximum Gasteiger partial charge on any atom is 0.230 e. The fourth-order valence-corrected chi connectivity index (χ4v) is 4.85. The van der Waals surface area contributed by atoms with Crippen molar-refractivity contribution in [2.45, 2.75) is 42.9 Å². The van der Waals surface area contributed by atoms with Crippen molar-refractivity contribution in [2.75, 3.05) is 26.8 Å². The van der Waals surface area contributed by atoms with Gasteiger partial charge in [0.1, 0.15) is 5.75 Å². The summed E-state index contributed by atoms with van der Waals surface area (Å²) in [7, 11) is 1.66. The Labute approximate surface area is 172 Å². The highest BCUT2D eigenvalue weighted by Crippen LogP contribution is 2.49. The second-order valence-corrected chi connectivity index (χ2v) is 8.56. The second kappa shape index (κ2) is 7.47. The molecule has 0 aromatic heterocycles. The van der Waals surface area contributed by atoms with Crippen LogP contribution in [0.2, 0.25) is 0 Å². The SMILES string of the molecule is COc1ccc(C2(C(=O)N[C@@H]3C[C@H]4CO[C@@H](c5ccccc5)CN4C3)CC2)cc1. The molecule has 152 valence electrons. The van der Waals surface area contributed by atoms with E-state index < -0.39 is 0 Å². The Kier molecular flexibility index (Phi) is 4.80. The lowest BCUT2D eigenvalue weighted by Gasteiger charge is -2.35. The van der Waals surface area contributed by atoms with Gasteiger partial charge in [-0.1, -0.05) is 42.5 Å². The van der Waals surface area contributed by atoms with Gasteiger partial charge in [-0.15, -0.1) is 0 Å². The predicted molar refractivity (Wildman–Crippen MR) is 111 cm³/mol. The van der Waals surface area contributed by atoms with Crippen molar-refractivity contribution in [3.8, 4) is 5.75 Å². The number of hydrogen-bond donors (Lipinski definition) is 1. The van der Waals surface area contributed by atoms with Crippen LogP contribution in [-0.2, 0) is 14.9 Å². The molecule has 0 bridgehead atoms. The summed E-state index contributed by atoms with van der Waals surface area (Å²) in [6.45, 7) is 2.53. The van der Waals surface area contributed by atoms with Gasteiger partial charge < -0.3 is 14.8 Å². The minimum absolute atomic E-state index is 0.121. The van der Waals surface area contributed by atoms with Crippen molar-refractivity contribution in [3.63, 3.8) is 0 Å². The smallest absolute Gasteiger partial charge is 0.230 e. The van der Waals surface area contributed by atoms with E-state index in [4.69, 9.17) is 9.47 Å². The topological polar surface area (TPSA) is 50.8 Å². The molecule has 5 rings (SSSR count). The second-order valence-electron chi connectivity index (χ2n) is 8.56. The third-order valence-corrected chi connectivity index (χ3v) is 6.75. The summed E-state index contributed by atoms with van der Waals surface area (Å²) in [6.07, 6.45) is 2.93. The fourth-order valence-electron chi connectivity index (χ4n) is 4.85. The van der Waals surface area contributed by atoms with Gasteiger partial charge >= 0.3 is 0 Å². The largest absolute Gasteiger partial charge is 0.497 e. The Hall–Kier alpha value is -2.37. The van der Waals surface area contributed by atoms with E-state index >= 15 is 0 Å². The summed E-state index contributed by atoms with van der Waals surface area (Å²) in [4.78, 5) is 15.6. The third kappa shape index (κ3) is 3.53. The van der Waals surface area contributed by atoms with Crippen LogP contribution in [0, 0.1) is 0 Å². The summed E-state index contributed by atoms with van der Waals surface area (Å²) in [5, 5.41) is 3.35. The number of carbonyl (C=O) groups is 1. The summed E-state index contributed by atoms with van der Waals surface area (Å²) in [5.74, 6) is 0.999. The van der Waals surface area contributed by atoms with Crippen LogP contribution in [0.4, 0.5) is 0 Å². The zero-order valence-electron chi connectivity index (χ0n) is 16.8. The van der Waals surface area contributed by atoms with Crippen LogP contribution in [0.1, 0.15) is 36.5 Å². The lowest BCUT2D eigenvalue weighted by atomic mass is 9.94. The minimum Gasteiger partial charge on any atom is -0.497 e. The van der Waals surface area contributed by atoms with Gasteiger partial charge in [0.05, 0.1) is 25.2 Å². The van der Waals surface area contributed by atoms with Crippen LogP contribution >= 0.6 is 0 Å². The quantitative estimate of drug-likeness (QED) is 0.850. The number of methoxy groups -OCH3 is 1. The molecule has 0 spiro atoms. The molecule has 3 atom stereocenters. The molecular formula is C24H28N2O3. The summed E-state index contributed by atoms with van der Waals surface area (Å²) < 4.78 is 11.4. The van der Waals surface area contributed by atoms with E-state index in [-0.39, 0.29) is 23.5 Å². The number of fused-ring (bicyclic) bond motifs is 1. The molecule has 5 heteroatoms. The number of nitrogens with one attached hydrogen (secondary N) is 1. The predicted octanol–water partition coefficient (Wildman–Crippen LogP) is 3.06. The van der Waals surface area contributed by atoms with Crippen molar-refractivity contribution < 1.29 is 14.3 Å². The minimum atomic E-state index is -0.349. The number of rotatable bonds is 5. The van der Waals surface area contributed by atoms with Gasteiger partial charge in [-0.2, -0.15) is 0 Å². The van der Waals surface area contributed by atoms with Crippen molar-refractivity contribution in [1.29, 1.82) is 0 Å². The van der Waals surface area contributed by atoms with Crippen LogP contribution in [0.15, 0.2) is 54.6 Å². The molecule has 2 aromatic rings. The van der Waals surface area contributed by atoms with Crippen LogP contribution in [0.5, 0.6) is 5.75 Å². The summed E-state index contributed by atoms with van der Waals surface area (Å²) >= 11 is 0. The van der Waals surface area contributed by atoms with E-state index in [1.807, 2.05) is 30.3 Å². The summed E-state index contributed by atoms with van der Waals surface area (Å²) in [5.41, 5.74) is 1.98. The molecule has 2 heterocycles. The van der Waals surface area contributed by atoms with Crippen molar-refractivity contribution in [2.24, 2.45) is 0 Å². The lowest BCUT2D eigenvalue weighted by Crippen LogP contribution is -2.44. The molecule has 1 aliphatic carbocycles. The number of carbonyl (C=O) groups excluding carboxylic acids is 1. The Morgan fingerprint density at radius 3 is 2.55 bits per heavy atom. The van der Waals surface area contributed by atoms with E-state index in [2.05, 4.69) is 34.5 Å². The number of ether oxygens (including phenoxy) is 2. The van der Waals surface area contributed by atoms with Gasteiger partial charge in [0.2, 0.25) is 5.91 Å². The van der Waals surface area contributed by atoms with Gasteiger partial charge in [0.25, 0.3) is 0 Å². The number of hydrogen-bond acceptors (Lipinski definition) is 4. The van der Waals surface area contributed by atoms with Crippen LogP contribution in [-0.4, -0.2) is 49.7 Å². The monoisotopic (exact) mass is 392 g/mol. The summed E-state index contributed by atoms with van der Waals surface area (Å²) in [6, 6.07) is 19.0. The van der Waals surface area contributed by atoms with Crippen LogP contribution in [0.25, 0.3) is 0 Å². The molecule has 5 nitrogen and oxygen atoms in total. The molecule has 0 unspecified atom stereocenters. The zero-order valence-corrected chi connectivity index (χ0v) is 16.8. The van der Waals surface area contributed by atoms with E-state index in [1.165, 1.54) is 5.56 Å². The molecule has 2 saturated heterocycles. The molecule has 1 N–H and O–H groups in total. The number of amides is 1. The van der Waals surface area contributed by atoms with Crippen LogP contribution in [0.3, 0.4) is 0 Å². The first-order valence-corrected chi connectivity index (χ1v) is 10.5. The first kappa shape index (κ1) is 18.6. The van der Waals surface area contributed by atoms with Crippen LogP contribution < -0.4 is 10.1 Å². The number of nitrogens with zero attached hydrogens (tertiary/aromatic N) is 1. The number of benzene rings is 2. The normalized spacial score (nSPS) is 27.8. The van der Waals surface area contributed by atoms with Crippen molar-refractivity contribution in [3.05, 3.63) is 65.7 Å². The highest BCUT2D eigenvalue weighted by Gasteiger charge is 2.52. The average molecular weight is 392 g/mol. The average Bonchev–Trinajstić information content (AvgIpc) is 3.49. The van der Waals surface area contributed by atoms with E-state index in [9.17, 15) is 4.79 Å². The molecule has 2 aliphatic heterocycles. The standard InChI is InChI=1S/C24H28N2O3/c1-28-21-9-7-18(8-10-21)24(11-12-24)23(27)25-19-13-20-16-29-22(15-26(20)14-19)17-5-3-2-4-6-17/h2-10,19-20,22H,11-16H2,1H3,(H,25,27)/t19-,20+,22-/m1/s1. The van der Waals surface area contributed by atoms with Gasteiger partial charge in [-0.05, 0) is 42.5 Å². The lowest BCUT2D eigenvalue weighted by molar-refractivity contribution is -0.124. The zero-order chi connectivity index (χ0) is 19.8. The van der Waals surface area contributed by atoms with Gasteiger partial charge in [0.15, 0.2) is 0 Å². The van der Waals surface area contributed by atoms with Gasteiger partial charge in [-0.25, -0.2) is 0 Å². The first-order valence-electron chi connectivity index (χ1n) is 10.5. The molecule has 1 saturated carbocycles. The van der Waals surface area contributed by atoms with Crippen molar-refractivity contribution in [1.82, 2.24) is 10.2 Å². The molecule has 29 heavy (non-hydrogen) atoms. The molecule has 1 amide bonds. The Morgan fingerprint density at radius 1 is 1.10 bits per heavy atom. The highest BCUT2D eigenvalue weighted by molar-refractivity contribution is 5.91. The van der Waals surface area contributed by atoms with E-state index in [0.717, 1.165) is 50.3 Å². The third-order valence-electron chi connectivity index (χ3n) is 6.75.